The SMILES string of the molecule is CC(C)N1CC2(CC2)Oc2c(F)cc(-c3nc(Nc4ccc(C5CCN(C)CC5)cn4)ncc3F)cc21. The van der Waals surface area contributed by atoms with Gasteiger partial charge in [-0.15, -0.1) is 0 Å². The van der Waals surface area contributed by atoms with Gasteiger partial charge in [-0.25, -0.2) is 23.7 Å². The van der Waals surface area contributed by atoms with Gasteiger partial charge in [-0.2, -0.15) is 0 Å². The van der Waals surface area contributed by atoms with Gasteiger partial charge in [0.05, 0.1) is 18.4 Å². The van der Waals surface area contributed by atoms with Gasteiger partial charge in [0.15, 0.2) is 17.4 Å². The largest absolute Gasteiger partial charge is 0.480 e. The van der Waals surface area contributed by atoms with E-state index in [-0.39, 0.29) is 29.0 Å². The molecule has 1 saturated heterocycles. The van der Waals surface area contributed by atoms with Crippen LogP contribution in [-0.4, -0.2) is 58.2 Å². The van der Waals surface area contributed by atoms with Crippen molar-refractivity contribution in [3.63, 3.8) is 0 Å². The van der Waals surface area contributed by atoms with E-state index in [1.165, 1.54) is 11.6 Å². The van der Waals surface area contributed by atoms with Gasteiger partial charge in [0.2, 0.25) is 5.95 Å². The zero-order valence-corrected chi connectivity index (χ0v) is 21.5. The highest BCUT2D eigenvalue weighted by Gasteiger charge is 2.51. The zero-order chi connectivity index (χ0) is 25.7. The molecule has 0 unspecified atom stereocenters. The summed E-state index contributed by atoms with van der Waals surface area (Å²) in [5.41, 5.74) is 1.91. The smallest absolute Gasteiger partial charge is 0.229 e. The molecule has 0 amide bonds. The van der Waals surface area contributed by atoms with Gasteiger partial charge < -0.3 is 19.9 Å². The molecule has 7 nitrogen and oxygen atoms in total. The lowest BCUT2D eigenvalue weighted by Crippen LogP contribution is -2.45. The maximum absolute atomic E-state index is 15.3. The van der Waals surface area contributed by atoms with E-state index in [1.54, 1.807) is 6.07 Å². The monoisotopic (exact) mass is 506 g/mol. The van der Waals surface area contributed by atoms with Gasteiger partial charge in [0.25, 0.3) is 0 Å². The van der Waals surface area contributed by atoms with Crippen molar-refractivity contribution >= 4 is 17.5 Å². The van der Waals surface area contributed by atoms with Crippen molar-refractivity contribution in [1.82, 2.24) is 19.9 Å². The average Bonchev–Trinajstić information content (AvgIpc) is 3.64. The maximum atomic E-state index is 15.3. The van der Waals surface area contributed by atoms with Crippen molar-refractivity contribution in [3.05, 3.63) is 53.9 Å². The normalized spacial score (nSPS) is 19.1. The predicted octanol–water partition coefficient (Wildman–Crippen LogP) is 5.51. The van der Waals surface area contributed by atoms with E-state index in [0.29, 0.717) is 29.5 Å². The average molecular weight is 507 g/mol. The summed E-state index contributed by atoms with van der Waals surface area (Å²) in [5, 5.41) is 3.06. The van der Waals surface area contributed by atoms with E-state index in [0.717, 1.165) is 45.0 Å². The number of anilines is 3. The fraction of sp³-hybridized carbons (Fsp3) is 0.464. The lowest BCUT2D eigenvalue weighted by atomic mass is 9.91. The number of benzene rings is 1. The van der Waals surface area contributed by atoms with Crippen LogP contribution in [0.1, 0.15) is 51.0 Å². The lowest BCUT2D eigenvalue weighted by Gasteiger charge is -2.39. The molecule has 1 saturated carbocycles. The van der Waals surface area contributed by atoms with Crippen LogP contribution in [-0.2, 0) is 0 Å². The van der Waals surface area contributed by atoms with Crippen molar-refractivity contribution in [2.24, 2.45) is 0 Å². The number of hydrogen-bond donors (Lipinski definition) is 1. The summed E-state index contributed by atoms with van der Waals surface area (Å²) < 4.78 is 36.2. The molecular weight excluding hydrogens is 474 g/mol. The molecule has 2 aromatic heterocycles. The Morgan fingerprint density at radius 2 is 1.84 bits per heavy atom. The minimum Gasteiger partial charge on any atom is -0.480 e. The van der Waals surface area contributed by atoms with Crippen LogP contribution in [0.15, 0.2) is 36.7 Å². The number of pyridine rings is 1. The number of halogens is 2. The highest BCUT2D eigenvalue weighted by molar-refractivity contribution is 5.73. The summed E-state index contributed by atoms with van der Waals surface area (Å²) in [5.74, 6) is 0.380. The van der Waals surface area contributed by atoms with E-state index in [9.17, 15) is 4.39 Å². The van der Waals surface area contributed by atoms with Crippen LogP contribution in [0.4, 0.5) is 26.2 Å². The fourth-order valence-electron chi connectivity index (χ4n) is 5.34. The number of fused-ring (bicyclic) bond motifs is 1. The Morgan fingerprint density at radius 1 is 1.05 bits per heavy atom. The summed E-state index contributed by atoms with van der Waals surface area (Å²) in [6.07, 6.45) is 7.05. The zero-order valence-electron chi connectivity index (χ0n) is 21.5. The summed E-state index contributed by atoms with van der Waals surface area (Å²) in [6, 6.07) is 7.16. The van der Waals surface area contributed by atoms with Gasteiger partial charge in [-0.3, -0.25) is 0 Å². The molecule has 1 aromatic carbocycles. The second-order valence-electron chi connectivity index (χ2n) is 10.9. The number of hydrogen-bond acceptors (Lipinski definition) is 7. The molecule has 4 heterocycles. The molecule has 1 spiro atoms. The fourth-order valence-corrected chi connectivity index (χ4v) is 5.34. The number of nitrogens with one attached hydrogen (secondary N) is 1. The van der Waals surface area contributed by atoms with E-state index >= 15 is 4.39 Å². The second kappa shape index (κ2) is 9.20. The van der Waals surface area contributed by atoms with Gasteiger partial charge in [0, 0.05) is 17.8 Å². The Labute approximate surface area is 215 Å². The van der Waals surface area contributed by atoms with Crippen molar-refractivity contribution < 1.29 is 13.5 Å². The molecule has 3 aromatic rings. The van der Waals surface area contributed by atoms with Crippen LogP contribution >= 0.6 is 0 Å². The van der Waals surface area contributed by atoms with E-state index in [1.807, 2.05) is 12.3 Å². The molecule has 0 atom stereocenters. The minimum atomic E-state index is -0.623. The standard InChI is InChI=1S/C28H32F2N6O/c1-17(2)36-16-28(8-9-28)37-26-21(29)12-20(13-23(26)36)25-22(30)15-32-27(34-25)33-24-5-4-19(14-31-24)18-6-10-35(3)11-7-18/h4-5,12-15,17-18H,6-11,16H2,1-3H3,(H,31,32,33,34). The van der Waals surface area contributed by atoms with Crippen molar-refractivity contribution in [2.45, 2.75) is 57.1 Å². The van der Waals surface area contributed by atoms with E-state index in [4.69, 9.17) is 4.74 Å². The molecular formula is C28H32F2N6O. The lowest BCUT2D eigenvalue weighted by molar-refractivity contribution is 0.160. The van der Waals surface area contributed by atoms with Gasteiger partial charge in [-0.1, -0.05) is 6.07 Å². The number of rotatable bonds is 5. The van der Waals surface area contributed by atoms with E-state index < -0.39 is 11.6 Å². The quantitative estimate of drug-likeness (QED) is 0.490. The number of ether oxygens (including phenoxy) is 1. The van der Waals surface area contributed by atoms with Crippen LogP contribution in [0, 0.1) is 11.6 Å². The Morgan fingerprint density at radius 3 is 2.51 bits per heavy atom. The van der Waals surface area contributed by atoms with Crippen LogP contribution in [0.3, 0.4) is 0 Å². The number of aromatic nitrogens is 3. The third kappa shape index (κ3) is 4.72. The molecule has 0 radical (unpaired) electrons. The molecule has 2 fully saturated rings. The van der Waals surface area contributed by atoms with Crippen LogP contribution in [0.5, 0.6) is 5.75 Å². The molecule has 9 heteroatoms. The van der Waals surface area contributed by atoms with Crippen molar-refractivity contribution in [3.8, 4) is 17.0 Å². The Kier molecular flexibility index (Phi) is 5.98. The maximum Gasteiger partial charge on any atom is 0.229 e. The Bertz CT molecular complexity index is 1300. The molecule has 6 rings (SSSR count). The van der Waals surface area contributed by atoms with Crippen molar-refractivity contribution in [1.29, 1.82) is 0 Å². The van der Waals surface area contributed by atoms with Crippen LogP contribution in [0.2, 0.25) is 0 Å². The molecule has 1 N–H and O–H groups in total. The van der Waals surface area contributed by atoms with Crippen molar-refractivity contribution in [2.75, 3.05) is 36.9 Å². The summed E-state index contributed by atoms with van der Waals surface area (Å²) >= 11 is 0. The highest BCUT2D eigenvalue weighted by atomic mass is 19.1. The van der Waals surface area contributed by atoms with Gasteiger partial charge in [0.1, 0.15) is 17.1 Å². The first-order valence-electron chi connectivity index (χ1n) is 13.0. The second-order valence-corrected chi connectivity index (χ2v) is 10.9. The van der Waals surface area contributed by atoms with Crippen LogP contribution in [0.25, 0.3) is 11.3 Å². The Hall–Kier alpha value is -3.33. The molecule has 194 valence electrons. The van der Waals surface area contributed by atoms with E-state index in [2.05, 4.69) is 57.0 Å². The summed E-state index contributed by atoms with van der Waals surface area (Å²) in [4.78, 5) is 17.5. The molecule has 37 heavy (non-hydrogen) atoms. The summed E-state index contributed by atoms with van der Waals surface area (Å²) in [7, 11) is 2.15. The molecule has 2 aliphatic heterocycles. The molecule has 0 bridgehead atoms. The first-order valence-corrected chi connectivity index (χ1v) is 13.0. The topological polar surface area (TPSA) is 66.4 Å². The Balaban J connectivity index is 1.26. The molecule has 3 aliphatic rings. The minimum absolute atomic E-state index is 0.0255. The predicted molar refractivity (Wildman–Crippen MR) is 139 cm³/mol. The van der Waals surface area contributed by atoms with Crippen LogP contribution < -0.4 is 15.0 Å². The third-order valence-corrected chi connectivity index (χ3v) is 7.78. The first-order chi connectivity index (χ1) is 17.8. The first kappa shape index (κ1) is 24.0. The number of nitrogens with zero attached hydrogens (tertiary/aromatic N) is 5. The molecule has 1 aliphatic carbocycles. The number of piperidine rings is 1. The highest BCUT2D eigenvalue weighted by Crippen LogP contribution is 2.50. The third-order valence-electron chi connectivity index (χ3n) is 7.78. The van der Waals surface area contributed by atoms with Gasteiger partial charge in [-0.05, 0) is 89.3 Å². The summed E-state index contributed by atoms with van der Waals surface area (Å²) in [6.45, 7) is 6.99. The number of likely N-dealkylation sites (tertiary alicyclic amines) is 1. The van der Waals surface area contributed by atoms with Gasteiger partial charge >= 0.3 is 0 Å².